The number of unbranched alkanes of at least 4 members (excludes halogenated alkanes) is 1. The summed E-state index contributed by atoms with van der Waals surface area (Å²) in [4.78, 5) is 0. The Kier molecular flexibility index (Phi) is 7.84. The number of hydrogen-bond donors (Lipinski definition) is 0. The predicted molar refractivity (Wildman–Crippen MR) is 113 cm³/mol. The molecule has 2 fully saturated rings. The van der Waals surface area contributed by atoms with E-state index in [1.807, 2.05) is 0 Å². The van der Waals surface area contributed by atoms with Gasteiger partial charge in [0.25, 0.3) is 0 Å². The summed E-state index contributed by atoms with van der Waals surface area (Å²) in [7, 11) is 0. The molecule has 0 nitrogen and oxygen atoms in total. The van der Waals surface area contributed by atoms with Gasteiger partial charge in [-0.2, -0.15) is 0 Å². The van der Waals surface area contributed by atoms with E-state index in [2.05, 4.69) is 47.8 Å². The Labute approximate surface area is 158 Å². The molecule has 0 saturated heterocycles. The summed E-state index contributed by atoms with van der Waals surface area (Å²) >= 11 is 0. The van der Waals surface area contributed by atoms with Crippen molar-refractivity contribution in [1.29, 1.82) is 0 Å². The van der Waals surface area contributed by atoms with Crippen LogP contribution in [-0.4, -0.2) is 0 Å². The molecule has 2 aliphatic carbocycles. The fourth-order valence-corrected chi connectivity index (χ4v) is 5.78. The van der Waals surface area contributed by atoms with Gasteiger partial charge in [-0.05, 0) is 80.0 Å². The molecule has 0 spiro atoms. The molecular weight excluding hydrogens is 300 g/mol. The molecule has 0 aromatic heterocycles. The molecule has 2 saturated carbocycles. The smallest absolute Gasteiger partial charge is 0.0203 e. The van der Waals surface area contributed by atoms with E-state index in [4.69, 9.17) is 0 Å². The van der Waals surface area contributed by atoms with Crippen molar-refractivity contribution in [1.82, 2.24) is 0 Å². The highest BCUT2D eigenvalue weighted by Crippen LogP contribution is 2.49. The average molecular weight is 345 g/mol. The van der Waals surface area contributed by atoms with E-state index in [0.717, 1.165) is 35.5 Å². The van der Waals surface area contributed by atoms with Crippen molar-refractivity contribution in [3.63, 3.8) is 0 Å². The van der Waals surface area contributed by atoms with Crippen LogP contribution in [0, 0.1) is 41.4 Å². The Bertz CT molecular complexity index is 445. The Hall–Kier alpha value is -0.520. The lowest BCUT2D eigenvalue weighted by molar-refractivity contribution is 0.0251. The van der Waals surface area contributed by atoms with E-state index in [1.165, 1.54) is 68.9 Å². The van der Waals surface area contributed by atoms with Crippen LogP contribution in [0.2, 0.25) is 0 Å². The summed E-state index contributed by atoms with van der Waals surface area (Å²) < 4.78 is 0. The molecule has 144 valence electrons. The first-order chi connectivity index (χ1) is 11.8. The first-order valence-corrected chi connectivity index (χ1v) is 11.2. The summed E-state index contributed by atoms with van der Waals surface area (Å²) in [6.07, 6.45) is 12.2. The van der Waals surface area contributed by atoms with E-state index in [-0.39, 0.29) is 0 Å². The fraction of sp³-hybridized carbons (Fsp3) is 0.840. The largest absolute Gasteiger partial charge is 0.0996 e. The standard InChI is InChI=1S/C25H44/c1-8-11-18(3)21(6)24(25-16-19(4)22(25)7)13-10-9-12-23-15-17(2)14-20(23)5/h17,19,21-25H,3,5,8-16H2,1-2,4,6-7H3. The monoisotopic (exact) mass is 344 g/mol. The second-order valence-electron chi connectivity index (χ2n) is 9.78. The summed E-state index contributed by atoms with van der Waals surface area (Å²) in [5, 5.41) is 0. The van der Waals surface area contributed by atoms with Crippen LogP contribution in [0.1, 0.15) is 92.4 Å². The van der Waals surface area contributed by atoms with Crippen LogP contribution in [-0.2, 0) is 0 Å². The van der Waals surface area contributed by atoms with Crippen LogP contribution in [0.5, 0.6) is 0 Å². The van der Waals surface area contributed by atoms with Gasteiger partial charge in [0, 0.05) is 0 Å². The maximum Gasteiger partial charge on any atom is -0.0203 e. The van der Waals surface area contributed by atoms with Gasteiger partial charge in [0.15, 0.2) is 0 Å². The van der Waals surface area contributed by atoms with Gasteiger partial charge in [0.2, 0.25) is 0 Å². The molecule has 0 aromatic carbocycles. The molecule has 7 atom stereocenters. The summed E-state index contributed by atoms with van der Waals surface area (Å²) in [5.41, 5.74) is 3.05. The van der Waals surface area contributed by atoms with Crippen molar-refractivity contribution in [2.24, 2.45) is 41.4 Å². The molecular formula is C25H44. The van der Waals surface area contributed by atoms with Crippen molar-refractivity contribution >= 4 is 0 Å². The molecule has 0 heteroatoms. The van der Waals surface area contributed by atoms with Crippen LogP contribution in [0.4, 0.5) is 0 Å². The van der Waals surface area contributed by atoms with E-state index < -0.39 is 0 Å². The van der Waals surface area contributed by atoms with Gasteiger partial charge < -0.3 is 0 Å². The summed E-state index contributed by atoms with van der Waals surface area (Å²) in [5.74, 6) is 6.07. The first-order valence-electron chi connectivity index (χ1n) is 11.2. The molecule has 2 aliphatic rings. The quantitative estimate of drug-likeness (QED) is 0.278. The van der Waals surface area contributed by atoms with Crippen molar-refractivity contribution in [3.05, 3.63) is 24.3 Å². The Morgan fingerprint density at radius 3 is 2.40 bits per heavy atom. The van der Waals surface area contributed by atoms with Gasteiger partial charge in [-0.1, -0.05) is 78.2 Å². The fourth-order valence-electron chi connectivity index (χ4n) is 5.78. The van der Waals surface area contributed by atoms with Crippen LogP contribution in [0.15, 0.2) is 24.3 Å². The minimum Gasteiger partial charge on any atom is -0.0996 e. The number of hydrogen-bond acceptors (Lipinski definition) is 0. The highest BCUT2D eigenvalue weighted by molar-refractivity contribution is 5.08. The lowest BCUT2D eigenvalue weighted by Crippen LogP contribution is -2.40. The maximum atomic E-state index is 4.45. The molecule has 0 bridgehead atoms. The van der Waals surface area contributed by atoms with Crippen molar-refractivity contribution in [2.45, 2.75) is 92.4 Å². The zero-order valence-electron chi connectivity index (χ0n) is 17.8. The van der Waals surface area contributed by atoms with Crippen molar-refractivity contribution in [2.75, 3.05) is 0 Å². The molecule has 25 heavy (non-hydrogen) atoms. The van der Waals surface area contributed by atoms with Gasteiger partial charge in [-0.3, -0.25) is 0 Å². The Balaban J connectivity index is 1.83. The van der Waals surface area contributed by atoms with Gasteiger partial charge >= 0.3 is 0 Å². The third-order valence-corrected chi connectivity index (χ3v) is 7.84. The third-order valence-electron chi connectivity index (χ3n) is 7.84. The normalized spacial score (nSPS) is 34.6. The van der Waals surface area contributed by atoms with Gasteiger partial charge in [0.05, 0.1) is 0 Å². The number of allylic oxidation sites excluding steroid dienone is 2. The minimum atomic E-state index is 0.710. The van der Waals surface area contributed by atoms with Crippen LogP contribution < -0.4 is 0 Å². The maximum absolute atomic E-state index is 4.45. The van der Waals surface area contributed by atoms with Crippen molar-refractivity contribution in [3.8, 4) is 0 Å². The number of rotatable bonds is 10. The molecule has 7 unspecified atom stereocenters. The topological polar surface area (TPSA) is 0 Å². The van der Waals surface area contributed by atoms with E-state index in [0.29, 0.717) is 5.92 Å². The highest BCUT2D eigenvalue weighted by atomic mass is 14.5. The molecule has 0 amide bonds. The zero-order chi connectivity index (χ0) is 18.6. The van der Waals surface area contributed by atoms with Gasteiger partial charge in [0.1, 0.15) is 0 Å². The molecule has 0 N–H and O–H groups in total. The third kappa shape index (κ3) is 5.24. The average Bonchev–Trinajstić information content (AvgIpc) is 2.90. The van der Waals surface area contributed by atoms with Gasteiger partial charge in [-0.25, -0.2) is 0 Å². The molecule has 0 aromatic rings. The van der Waals surface area contributed by atoms with E-state index in [1.54, 1.807) is 0 Å². The van der Waals surface area contributed by atoms with Crippen LogP contribution in [0.3, 0.4) is 0 Å². The van der Waals surface area contributed by atoms with Crippen LogP contribution >= 0.6 is 0 Å². The van der Waals surface area contributed by atoms with Gasteiger partial charge in [-0.15, -0.1) is 0 Å². The van der Waals surface area contributed by atoms with Crippen molar-refractivity contribution < 1.29 is 0 Å². The lowest BCUT2D eigenvalue weighted by Gasteiger charge is -2.48. The zero-order valence-corrected chi connectivity index (χ0v) is 17.8. The highest BCUT2D eigenvalue weighted by Gasteiger charge is 2.41. The Morgan fingerprint density at radius 2 is 1.88 bits per heavy atom. The summed E-state index contributed by atoms with van der Waals surface area (Å²) in [6.45, 7) is 20.9. The summed E-state index contributed by atoms with van der Waals surface area (Å²) in [6, 6.07) is 0. The molecule has 0 heterocycles. The molecule has 0 aliphatic heterocycles. The SMILES string of the molecule is C=C1CC(C)CC1CCCCC(C(C)C(=C)CCC)C1CC(C)C1C. The second-order valence-corrected chi connectivity index (χ2v) is 9.78. The molecule has 0 radical (unpaired) electrons. The first kappa shape index (κ1) is 20.8. The lowest BCUT2D eigenvalue weighted by atomic mass is 9.57. The predicted octanol–water partition coefficient (Wildman–Crippen LogP) is 8.05. The second kappa shape index (κ2) is 9.43. The van der Waals surface area contributed by atoms with Crippen LogP contribution in [0.25, 0.3) is 0 Å². The minimum absolute atomic E-state index is 0.710. The Morgan fingerprint density at radius 1 is 1.16 bits per heavy atom. The molecule has 2 rings (SSSR count). The van der Waals surface area contributed by atoms with E-state index >= 15 is 0 Å². The van der Waals surface area contributed by atoms with E-state index in [9.17, 15) is 0 Å².